The molecule has 0 spiro atoms. The van der Waals surface area contributed by atoms with Gasteiger partial charge in [-0.25, -0.2) is 14.5 Å². The highest BCUT2D eigenvalue weighted by atomic mass is 35.5. The van der Waals surface area contributed by atoms with Gasteiger partial charge in [0.25, 0.3) is 11.8 Å². The van der Waals surface area contributed by atoms with Gasteiger partial charge in [-0.3, -0.25) is 19.3 Å². The lowest BCUT2D eigenvalue weighted by molar-refractivity contribution is -0.144. The van der Waals surface area contributed by atoms with Crippen LogP contribution in [0, 0.1) is 0 Å². The van der Waals surface area contributed by atoms with Crippen molar-refractivity contribution in [2.45, 2.75) is 32.3 Å². The first-order valence-electron chi connectivity index (χ1n) is 12.9. The molecule has 1 saturated heterocycles. The molecule has 0 radical (unpaired) electrons. The third-order valence-corrected chi connectivity index (χ3v) is 6.85. The summed E-state index contributed by atoms with van der Waals surface area (Å²) in [6.07, 6.45) is -1.38. The van der Waals surface area contributed by atoms with E-state index in [4.69, 9.17) is 21.1 Å². The molecule has 0 saturated carbocycles. The number of nitrogens with one attached hydrogen (secondary N) is 1. The van der Waals surface area contributed by atoms with E-state index in [1.807, 2.05) is 0 Å². The Bertz CT molecular complexity index is 1500. The fourth-order valence-corrected chi connectivity index (χ4v) is 4.59. The van der Waals surface area contributed by atoms with Gasteiger partial charge < -0.3 is 19.9 Å². The number of ether oxygens (including phenoxy) is 2. The summed E-state index contributed by atoms with van der Waals surface area (Å²) in [6.45, 7) is 1.43. The summed E-state index contributed by atoms with van der Waals surface area (Å²) in [5, 5.41) is 11.9. The van der Waals surface area contributed by atoms with Gasteiger partial charge in [0.05, 0.1) is 36.5 Å². The number of methoxy groups -OCH3 is 1. The molecule has 4 amide bonds. The fraction of sp³-hybridized carbons (Fsp3) is 0.233. The molecule has 2 N–H and O–H groups in total. The van der Waals surface area contributed by atoms with Gasteiger partial charge in [-0.05, 0) is 36.2 Å². The van der Waals surface area contributed by atoms with E-state index in [0.29, 0.717) is 16.0 Å². The summed E-state index contributed by atoms with van der Waals surface area (Å²) in [4.78, 5) is 68.9. The van der Waals surface area contributed by atoms with Crippen LogP contribution >= 0.6 is 11.6 Å². The zero-order valence-corrected chi connectivity index (χ0v) is 23.5. The zero-order valence-electron chi connectivity index (χ0n) is 22.8. The lowest BCUT2D eigenvalue weighted by Crippen LogP contribution is -2.52. The van der Waals surface area contributed by atoms with Crippen molar-refractivity contribution in [2.75, 3.05) is 19.0 Å². The van der Waals surface area contributed by atoms with E-state index in [2.05, 4.69) is 5.32 Å². The molecule has 12 heteroatoms. The monoisotopic (exact) mass is 593 g/mol. The Labute approximate surface area is 246 Å². The maximum Gasteiger partial charge on any atom is 0.337 e. The van der Waals surface area contributed by atoms with Crippen molar-refractivity contribution in [3.8, 4) is 0 Å². The van der Waals surface area contributed by atoms with Crippen LogP contribution in [-0.2, 0) is 32.2 Å². The first-order chi connectivity index (χ1) is 20.2. The number of imide groups is 1. The quantitative estimate of drug-likeness (QED) is 0.148. The third kappa shape index (κ3) is 6.33. The van der Waals surface area contributed by atoms with Gasteiger partial charge in [0, 0.05) is 12.2 Å². The van der Waals surface area contributed by atoms with Gasteiger partial charge in [0.2, 0.25) is 6.23 Å². The number of hydrogen-bond donors (Lipinski definition) is 2. The molecule has 1 heterocycles. The van der Waals surface area contributed by atoms with Crippen LogP contribution in [0.4, 0.5) is 10.5 Å². The summed E-state index contributed by atoms with van der Waals surface area (Å²) in [5.74, 6) is -3.50. The molecule has 4 rings (SSSR count). The number of amides is 4. The van der Waals surface area contributed by atoms with Gasteiger partial charge in [-0.1, -0.05) is 66.2 Å². The van der Waals surface area contributed by atoms with Gasteiger partial charge in [-0.15, -0.1) is 0 Å². The van der Waals surface area contributed by atoms with Crippen LogP contribution in [-0.4, -0.2) is 70.5 Å². The molecule has 0 aromatic heterocycles. The number of aliphatic hydroxyl groups excluding tert-OH is 1. The number of urea groups is 1. The first-order valence-corrected chi connectivity index (χ1v) is 13.3. The fourth-order valence-electron chi connectivity index (χ4n) is 4.43. The van der Waals surface area contributed by atoms with Crippen molar-refractivity contribution in [2.24, 2.45) is 0 Å². The number of hydrogen-bond acceptors (Lipinski definition) is 8. The van der Waals surface area contributed by atoms with Crippen molar-refractivity contribution < 1.29 is 38.6 Å². The van der Waals surface area contributed by atoms with Crippen LogP contribution in [0.5, 0.6) is 0 Å². The highest BCUT2D eigenvalue weighted by Gasteiger charge is 2.53. The van der Waals surface area contributed by atoms with E-state index in [-0.39, 0.29) is 41.6 Å². The van der Waals surface area contributed by atoms with Crippen LogP contribution in [0.1, 0.15) is 38.8 Å². The van der Waals surface area contributed by atoms with Gasteiger partial charge in [-0.2, -0.15) is 0 Å². The number of ketones is 1. The number of esters is 1. The third-order valence-electron chi connectivity index (χ3n) is 6.53. The number of carbonyl (C=O) groups is 5. The van der Waals surface area contributed by atoms with Gasteiger partial charge >= 0.3 is 12.0 Å². The van der Waals surface area contributed by atoms with E-state index >= 15 is 0 Å². The summed E-state index contributed by atoms with van der Waals surface area (Å²) in [5.41, 5.74) is 1.25. The van der Waals surface area contributed by atoms with Crippen molar-refractivity contribution in [3.63, 3.8) is 0 Å². The van der Waals surface area contributed by atoms with Gasteiger partial charge in [0.1, 0.15) is 0 Å². The topological polar surface area (TPSA) is 143 Å². The second-order valence-electron chi connectivity index (χ2n) is 9.21. The Morgan fingerprint density at radius 2 is 1.64 bits per heavy atom. The average Bonchev–Trinajstić information content (AvgIpc) is 3.22. The molecule has 42 heavy (non-hydrogen) atoms. The summed E-state index contributed by atoms with van der Waals surface area (Å²) < 4.78 is 10.3. The Morgan fingerprint density at radius 3 is 2.26 bits per heavy atom. The maximum absolute atomic E-state index is 13.9. The molecule has 218 valence electrons. The highest BCUT2D eigenvalue weighted by molar-refractivity contribution is 6.34. The van der Waals surface area contributed by atoms with Crippen molar-refractivity contribution >= 4 is 46.9 Å². The number of rotatable bonds is 11. The normalized spacial score (nSPS) is 15.5. The number of Topliss-reactive ketones (excluding diaryl/α,β-unsaturated/α-hetero) is 1. The average molecular weight is 594 g/mol. The van der Waals surface area contributed by atoms with Crippen LogP contribution < -0.4 is 5.32 Å². The van der Waals surface area contributed by atoms with Crippen LogP contribution in [0.3, 0.4) is 0 Å². The van der Waals surface area contributed by atoms with Crippen LogP contribution in [0.2, 0.25) is 5.02 Å². The van der Waals surface area contributed by atoms with Crippen molar-refractivity contribution in [3.05, 3.63) is 100 Å². The summed E-state index contributed by atoms with van der Waals surface area (Å²) >= 11 is 6.27. The Kier molecular flexibility index (Phi) is 9.68. The van der Waals surface area contributed by atoms with E-state index in [9.17, 15) is 29.1 Å². The second kappa shape index (κ2) is 13.4. The zero-order chi connectivity index (χ0) is 30.4. The van der Waals surface area contributed by atoms with E-state index in [1.165, 1.54) is 49.6 Å². The minimum Gasteiger partial charge on any atom is -0.465 e. The largest absolute Gasteiger partial charge is 0.465 e. The number of nitrogens with zero attached hydrogens (tertiary/aromatic N) is 2. The molecule has 3 aromatic rings. The summed E-state index contributed by atoms with van der Waals surface area (Å²) in [7, 11) is 1.19. The van der Waals surface area contributed by atoms with E-state index in [0.717, 1.165) is 4.90 Å². The molecule has 2 atom stereocenters. The second-order valence-corrected chi connectivity index (χ2v) is 9.62. The minimum absolute atomic E-state index is 0.0110. The molecule has 0 aliphatic carbocycles. The predicted molar refractivity (Wildman–Crippen MR) is 152 cm³/mol. The number of anilines is 1. The van der Waals surface area contributed by atoms with Crippen molar-refractivity contribution in [1.82, 2.24) is 9.80 Å². The minimum atomic E-state index is -1.97. The lowest BCUT2D eigenvalue weighted by Gasteiger charge is -2.25. The molecule has 1 aliphatic heterocycles. The van der Waals surface area contributed by atoms with Crippen LogP contribution in [0.15, 0.2) is 72.8 Å². The Balaban J connectivity index is 1.75. The molecule has 11 nitrogen and oxygen atoms in total. The highest BCUT2D eigenvalue weighted by Crippen LogP contribution is 2.28. The van der Waals surface area contributed by atoms with Gasteiger partial charge in [0.15, 0.2) is 11.8 Å². The van der Waals surface area contributed by atoms with Crippen molar-refractivity contribution in [1.29, 1.82) is 0 Å². The molecule has 3 aromatic carbocycles. The van der Waals surface area contributed by atoms with Crippen LogP contribution in [0.25, 0.3) is 0 Å². The molecule has 0 bridgehead atoms. The smallest absolute Gasteiger partial charge is 0.337 e. The summed E-state index contributed by atoms with van der Waals surface area (Å²) in [6, 6.07) is 15.7. The molecular formula is C30H28ClN3O8. The first kappa shape index (κ1) is 30.4. The predicted octanol–water partition coefficient (Wildman–Crippen LogP) is 3.64. The number of aliphatic hydroxyl groups is 1. The van der Waals surface area contributed by atoms with E-state index < -0.39 is 41.9 Å². The number of benzene rings is 3. The van der Waals surface area contributed by atoms with E-state index in [1.54, 1.807) is 37.3 Å². The Hall–Kier alpha value is -4.58. The molecular weight excluding hydrogens is 566 g/mol. The standard InChI is InChI=1S/C30H28ClN3O8/c1-3-42-28-27(38)34(30(40)33(28)16-18-7-5-4-6-8-18)24(25(36)20-11-9-19(17-35)10-12-20)26(37)32-23-15-21(29(39)41-2)13-14-22(23)31/h4-15,24,28,35H,3,16-17H2,1-2H3,(H,32,37). The SMILES string of the molecule is CCOC1C(=O)N(C(C(=O)Nc2cc(C(=O)OC)ccc2Cl)C(=O)c2ccc(CO)cc2)C(=O)N1Cc1ccccc1. The molecule has 1 aliphatic rings. The molecule has 2 unspecified atom stereocenters. The lowest BCUT2D eigenvalue weighted by atomic mass is 10.0. The molecule has 1 fully saturated rings. The number of halogens is 1. The maximum atomic E-state index is 13.9. The Morgan fingerprint density at radius 1 is 0.976 bits per heavy atom. The number of carbonyl (C=O) groups excluding carboxylic acids is 5.